The zero-order chi connectivity index (χ0) is 9.97. The van der Waals surface area contributed by atoms with E-state index in [0.717, 1.165) is 35.1 Å². The van der Waals surface area contributed by atoms with E-state index in [2.05, 4.69) is 13.0 Å². The molecule has 0 radical (unpaired) electrons. The molecule has 0 fully saturated rings. The van der Waals surface area contributed by atoms with Gasteiger partial charge in [0.25, 0.3) is 0 Å². The van der Waals surface area contributed by atoms with E-state index in [9.17, 15) is 0 Å². The van der Waals surface area contributed by atoms with Gasteiger partial charge in [-0.2, -0.15) is 0 Å². The predicted molar refractivity (Wildman–Crippen MR) is 59.8 cm³/mol. The van der Waals surface area contributed by atoms with E-state index in [4.69, 9.17) is 16.0 Å². The first kappa shape index (κ1) is 9.60. The molecule has 0 aliphatic heterocycles. The maximum Gasteiger partial charge on any atom is 0.134 e. The largest absolute Gasteiger partial charge is 0.461 e. The summed E-state index contributed by atoms with van der Waals surface area (Å²) in [5.74, 6) is 1.58. The highest BCUT2D eigenvalue weighted by Crippen LogP contribution is 2.27. The van der Waals surface area contributed by atoms with Gasteiger partial charge in [-0.1, -0.05) is 25.1 Å². The van der Waals surface area contributed by atoms with E-state index in [0.29, 0.717) is 5.88 Å². The molecular weight excluding hydrogens is 196 g/mol. The summed E-state index contributed by atoms with van der Waals surface area (Å²) in [6.45, 7) is 2.14. The molecule has 0 atom stereocenters. The molecule has 1 aromatic carbocycles. The van der Waals surface area contributed by atoms with Crippen molar-refractivity contribution in [2.45, 2.75) is 25.6 Å². The Balaban J connectivity index is 2.60. The van der Waals surface area contributed by atoms with E-state index in [-0.39, 0.29) is 0 Å². The molecule has 1 heterocycles. The van der Waals surface area contributed by atoms with Gasteiger partial charge in [0.15, 0.2) is 0 Å². The third-order valence-corrected chi connectivity index (χ3v) is 2.66. The van der Waals surface area contributed by atoms with Crippen LogP contribution < -0.4 is 0 Å². The second kappa shape index (κ2) is 4.05. The van der Waals surface area contributed by atoms with Crippen molar-refractivity contribution in [3.8, 4) is 0 Å². The summed E-state index contributed by atoms with van der Waals surface area (Å²) in [6, 6.07) is 8.06. The van der Waals surface area contributed by atoms with Crippen LogP contribution in [0, 0.1) is 0 Å². The van der Waals surface area contributed by atoms with Gasteiger partial charge in [-0.05, 0) is 12.5 Å². The van der Waals surface area contributed by atoms with Crippen molar-refractivity contribution in [1.82, 2.24) is 0 Å². The van der Waals surface area contributed by atoms with Crippen molar-refractivity contribution in [1.29, 1.82) is 0 Å². The van der Waals surface area contributed by atoms with Crippen molar-refractivity contribution in [2.24, 2.45) is 0 Å². The van der Waals surface area contributed by atoms with Crippen LogP contribution in [0.25, 0.3) is 11.0 Å². The highest BCUT2D eigenvalue weighted by atomic mass is 35.5. The number of hydrogen-bond acceptors (Lipinski definition) is 1. The fraction of sp³-hybridized carbons (Fsp3) is 0.333. The topological polar surface area (TPSA) is 13.1 Å². The number of fused-ring (bicyclic) bond motifs is 1. The predicted octanol–water partition coefficient (Wildman–Crippen LogP) is 4.12. The Hall–Kier alpha value is -0.950. The average Bonchev–Trinajstić information content (AvgIpc) is 2.55. The second-order valence-electron chi connectivity index (χ2n) is 3.38. The molecule has 0 unspecified atom stereocenters. The lowest BCUT2D eigenvalue weighted by Crippen LogP contribution is -1.85. The number of rotatable bonds is 3. The summed E-state index contributed by atoms with van der Waals surface area (Å²) in [7, 11) is 0. The molecule has 0 spiro atoms. The standard InChI is InChI=1S/C12H13ClO/c1-2-5-11-10(8-13)9-6-3-4-7-12(9)14-11/h3-4,6-7H,2,5,8H2,1H3. The minimum atomic E-state index is 0.534. The van der Waals surface area contributed by atoms with Crippen LogP contribution in [-0.2, 0) is 12.3 Å². The number of halogens is 1. The number of hydrogen-bond donors (Lipinski definition) is 0. The molecule has 0 saturated heterocycles. The van der Waals surface area contributed by atoms with E-state index < -0.39 is 0 Å². The molecule has 0 aliphatic carbocycles. The van der Waals surface area contributed by atoms with Crippen LogP contribution in [0.3, 0.4) is 0 Å². The lowest BCUT2D eigenvalue weighted by molar-refractivity contribution is 0.540. The quantitative estimate of drug-likeness (QED) is 0.692. The summed E-state index contributed by atoms with van der Waals surface area (Å²) >= 11 is 5.93. The fourth-order valence-corrected chi connectivity index (χ4v) is 2.02. The molecule has 2 rings (SSSR count). The van der Waals surface area contributed by atoms with Gasteiger partial charge in [-0.15, -0.1) is 11.6 Å². The number of furan rings is 1. The maximum atomic E-state index is 5.93. The van der Waals surface area contributed by atoms with Crippen LogP contribution in [0.4, 0.5) is 0 Å². The zero-order valence-electron chi connectivity index (χ0n) is 8.22. The van der Waals surface area contributed by atoms with Gasteiger partial charge >= 0.3 is 0 Å². The fourth-order valence-electron chi connectivity index (χ4n) is 1.72. The van der Waals surface area contributed by atoms with Crippen LogP contribution >= 0.6 is 11.6 Å². The number of alkyl halides is 1. The Labute approximate surface area is 88.7 Å². The lowest BCUT2D eigenvalue weighted by Gasteiger charge is -1.95. The minimum absolute atomic E-state index is 0.534. The zero-order valence-corrected chi connectivity index (χ0v) is 8.97. The van der Waals surface area contributed by atoms with Crippen molar-refractivity contribution >= 4 is 22.6 Å². The Morgan fingerprint density at radius 1 is 1.29 bits per heavy atom. The summed E-state index contributed by atoms with van der Waals surface area (Å²) in [5, 5.41) is 1.16. The molecular formula is C12H13ClO. The van der Waals surface area contributed by atoms with Gasteiger partial charge in [0.1, 0.15) is 11.3 Å². The van der Waals surface area contributed by atoms with Crippen molar-refractivity contribution in [2.75, 3.05) is 0 Å². The first-order valence-corrected chi connectivity index (χ1v) is 5.45. The minimum Gasteiger partial charge on any atom is -0.461 e. The molecule has 74 valence electrons. The normalized spacial score (nSPS) is 11.0. The summed E-state index contributed by atoms with van der Waals surface area (Å²) in [6.07, 6.45) is 2.06. The summed E-state index contributed by atoms with van der Waals surface area (Å²) in [5.41, 5.74) is 2.11. The Kier molecular flexibility index (Phi) is 2.78. The van der Waals surface area contributed by atoms with Gasteiger partial charge in [0.05, 0.1) is 5.88 Å². The van der Waals surface area contributed by atoms with Crippen molar-refractivity contribution in [3.05, 3.63) is 35.6 Å². The third-order valence-electron chi connectivity index (χ3n) is 2.39. The lowest BCUT2D eigenvalue weighted by atomic mass is 10.1. The second-order valence-corrected chi connectivity index (χ2v) is 3.65. The number of aryl methyl sites for hydroxylation is 1. The number of benzene rings is 1. The molecule has 0 N–H and O–H groups in total. The molecule has 1 aromatic heterocycles. The monoisotopic (exact) mass is 208 g/mol. The molecule has 14 heavy (non-hydrogen) atoms. The van der Waals surface area contributed by atoms with Crippen molar-refractivity contribution < 1.29 is 4.42 Å². The van der Waals surface area contributed by atoms with Crippen LogP contribution in [0.1, 0.15) is 24.7 Å². The Morgan fingerprint density at radius 2 is 2.07 bits per heavy atom. The summed E-state index contributed by atoms with van der Waals surface area (Å²) < 4.78 is 5.75. The molecule has 2 heteroatoms. The van der Waals surface area contributed by atoms with Gasteiger partial charge < -0.3 is 4.42 Å². The average molecular weight is 209 g/mol. The van der Waals surface area contributed by atoms with Crippen LogP contribution in [0.5, 0.6) is 0 Å². The molecule has 0 saturated carbocycles. The highest BCUT2D eigenvalue weighted by Gasteiger charge is 2.11. The highest BCUT2D eigenvalue weighted by molar-refractivity contribution is 6.18. The van der Waals surface area contributed by atoms with Gasteiger partial charge in [0, 0.05) is 17.4 Å². The molecule has 2 aromatic rings. The van der Waals surface area contributed by atoms with Crippen LogP contribution in [0.15, 0.2) is 28.7 Å². The third kappa shape index (κ3) is 1.53. The van der Waals surface area contributed by atoms with Crippen molar-refractivity contribution in [3.63, 3.8) is 0 Å². The van der Waals surface area contributed by atoms with E-state index >= 15 is 0 Å². The smallest absolute Gasteiger partial charge is 0.134 e. The number of para-hydroxylation sites is 1. The molecule has 0 bridgehead atoms. The molecule has 0 amide bonds. The van der Waals surface area contributed by atoms with E-state index in [1.54, 1.807) is 0 Å². The van der Waals surface area contributed by atoms with E-state index in [1.165, 1.54) is 0 Å². The maximum absolute atomic E-state index is 5.93. The van der Waals surface area contributed by atoms with Gasteiger partial charge in [0.2, 0.25) is 0 Å². The summed E-state index contributed by atoms with van der Waals surface area (Å²) in [4.78, 5) is 0. The van der Waals surface area contributed by atoms with Gasteiger partial charge in [-0.25, -0.2) is 0 Å². The first-order valence-electron chi connectivity index (χ1n) is 4.92. The van der Waals surface area contributed by atoms with E-state index in [1.807, 2.05) is 18.2 Å². The molecule has 1 nitrogen and oxygen atoms in total. The SMILES string of the molecule is CCCc1oc2ccccc2c1CCl. The van der Waals surface area contributed by atoms with Gasteiger partial charge in [-0.3, -0.25) is 0 Å². The Bertz CT molecular complexity index is 431. The van der Waals surface area contributed by atoms with Crippen LogP contribution in [0.2, 0.25) is 0 Å². The Morgan fingerprint density at radius 3 is 2.79 bits per heavy atom. The molecule has 0 aliphatic rings. The van der Waals surface area contributed by atoms with Crippen LogP contribution in [-0.4, -0.2) is 0 Å². The first-order chi connectivity index (χ1) is 6.86.